The normalized spacial score (nSPS) is 11.3. The number of carbonyl (C=O) groups is 4. The number of carbonyl (C=O) groups excluding carboxylic acids is 4. The smallest absolute Gasteiger partial charge is 0.345 e. The van der Waals surface area contributed by atoms with Crippen molar-refractivity contribution in [3.63, 3.8) is 0 Å². The van der Waals surface area contributed by atoms with E-state index in [-0.39, 0.29) is 4.91 Å². The van der Waals surface area contributed by atoms with E-state index < -0.39 is 34.0 Å². The largest absolute Gasteiger partial charge is 0.468 e. The Hall–Kier alpha value is -1.68. The Labute approximate surface area is 130 Å². The Balaban J connectivity index is 5.65. The lowest BCUT2D eigenvalue weighted by atomic mass is 10.4. The number of hydrogen-bond acceptors (Lipinski definition) is 10. The van der Waals surface area contributed by atoms with Gasteiger partial charge in [-0.3, -0.25) is 9.59 Å². The van der Waals surface area contributed by atoms with Gasteiger partial charge in [0.25, 0.3) is 0 Å². The van der Waals surface area contributed by atoms with Crippen LogP contribution in [0.3, 0.4) is 0 Å². The quantitative estimate of drug-likeness (QED) is 0.234. The first-order valence-electron chi connectivity index (χ1n) is 5.26. The first kappa shape index (κ1) is 19.3. The van der Waals surface area contributed by atoms with Crippen molar-refractivity contribution in [1.82, 2.24) is 0 Å². The van der Waals surface area contributed by atoms with E-state index in [0.29, 0.717) is 11.8 Å². The molecule has 0 fully saturated rings. The van der Waals surface area contributed by atoms with Gasteiger partial charge in [-0.25, -0.2) is 9.59 Å². The van der Waals surface area contributed by atoms with Crippen molar-refractivity contribution in [2.75, 3.05) is 28.4 Å². The topological polar surface area (TPSA) is 105 Å². The van der Waals surface area contributed by atoms with Crippen molar-refractivity contribution in [3.05, 3.63) is 9.81 Å². The van der Waals surface area contributed by atoms with Crippen LogP contribution in [-0.2, 0) is 38.1 Å². The van der Waals surface area contributed by atoms with E-state index in [4.69, 9.17) is 0 Å². The van der Waals surface area contributed by atoms with Crippen LogP contribution in [0.2, 0.25) is 0 Å². The van der Waals surface area contributed by atoms with Gasteiger partial charge >= 0.3 is 23.9 Å². The fourth-order valence-electron chi connectivity index (χ4n) is 1.01. The fraction of sp³-hybridized carbons (Fsp3) is 0.455. The number of esters is 4. The van der Waals surface area contributed by atoms with Crippen LogP contribution in [-0.4, -0.2) is 57.6 Å². The summed E-state index contributed by atoms with van der Waals surface area (Å²) in [7, 11) is 4.26. The van der Waals surface area contributed by atoms with E-state index >= 15 is 0 Å². The van der Waals surface area contributed by atoms with Crippen molar-refractivity contribution in [1.29, 1.82) is 0 Å². The summed E-state index contributed by atoms with van der Waals surface area (Å²) in [5.41, 5.74) is 0. The lowest BCUT2D eigenvalue weighted by Gasteiger charge is -2.14. The zero-order chi connectivity index (χ0) is 16.6. The van der Waals surface area contributed by atoms with Gasteiger partial charge in [0.2, 0.25) is 5.25 Å². The second-order valence-electron chi connectivity index (χ2n) is 3.21. The van der Waals surface area contributed by atoms with Crippen LogP contribution in [0.25, 0.3) is 0 Å². The minimum atomic E-state index is -1.51. The highest BCUT2D eigenvalue weighted by Gasteiger charge is 2.34. The highest BCUT2D eigenvalue weighted by Crippen LogP contribution is 2.30. The zero-order valence-corrected chi connectivity index (χ0v) is 13.4. The van der Waals surface area contributed by atoms with Gasteiger partial charge in [-0.2, -0.15) is 0 Å². The van der Waals surface area contributed by atoms with Crippen molar-refractivity contribution in [2.45, 2.75) is 5.25 Å². The molecule has 0 aliphatic heterocycles. The molecule has 0 aliphatic carbocycles. The van der Waals surface area contributed by atoms with Crippen LogP contribution < -0.4 is 0 Å². The SMILES string of the molecule is COC(=O)/C(S)=C(/SC(C(=O)OC)C(=O)OC)C(=O)OC. The standard InChI is InChI=1S/C11H14O8S2/c1-16-8(12)5(20)6(9(13)17-2)21-7(10(14)18-3)11(15)19-4/h7,20H,1-4H3/b6-5-. The summed E-state index contributed by atoms with van der Waals surface area (Å²) in [5.74, 6) is -3.81. The Bertz CT molecular complexity index is 455. The molecule has 21 heavy (non-hydrogen) atoms. The predicted molar refractivity (Wildman–Crippen MR) is 75.5 cm³/mol. The average Bonchev–Trinajstić information content (AvgIpc) is 2.52. The van der Waals surface area contributed by atoms with Crippen molar-refractivity contribution in [2.24, 2.45) is 0 Å². The lowest BCUT2D eigenvalue weighted by molar-refractivity contribution is -0.150. The molecule has 0 heterocycles. The molecule has 0 spiro atoms. The van der Waals surface area contributed by atoms with Gasteiger partial charge in [0.15, 0.2) is 0 Å². The fourth-order valence-corrected chi connectivity index (χ4v) is 2.34. The molecule has 0 bridgehead atoms. The summed E-state index contributed by atoms with van der Waals surface area (Å²) in [6, 6.07) is 0. The minimum absolute atomic E-state index is 0.381. The van der Waals surface area contributed by atoms with Crippen LogP contribution in [0.15, 0.2) is 9.81 Å². The highest BCUT2D eigenvalue weighted by molar-refractivity contribution is 8.06. The molecule has 0 N–H and O–H groups in total. The molecule has 0 rings (SSSR count). The predicted octanol–water partition coefficient (Wildman–Crippen LogP) is -0.0784. The van der Waals surface area contributed by atoms with E-state index in [1.807, 2.05) is 0 Å². The monoisotopic (exact) mass is 338 g/mol. The number of rotatable bonds is 6. The maximum Gasteiger partial charge on any atom is 0.345 e. The summed E-state index contributed by atoms with van der Waals surface area (Å²) in [5, 5.41) is -1.51. The Morgan fingerprint density at radius 1 is 0.810 bits per heavy atom. The Kier molecular flexibility index (Phi) is 8.55. The molecule has 8 nitrogen and oxygen atoms in total. The van der Waals surface area contributed by atoms with Gasteiger partial charge in [0.1, 0.15) is 9.81 Å². The molecular formula is C11H14O8S2. The van der Waals surface area contributed by atoms with E-state index in [2.05, 4.69) is 31.6 Å². The summed E-state index contributed by atoms with van der Waals surface area (Å²) in [6.07, 6.45) is 0. The van der Waals surface area contributed by atoms with Gasteiger partial charge in [-0.05, 0) is 0 Å². The summed E-state index contributed by atoms with van der Waals surface area (Å²) >= 11 is 4.26. The molecule has 0 amide bonds. The highest BCUT2D eigenvalue weighted by atomic mass is 32.2. The third kappa shape index (κ3) is 5.31. The second kappa shape index (κ2) is 9.29. The Morgan fingerprint density at radius 3 is 1.57 bits per heavy atom. The maximum atomic E-state index is 11.7. The number of methoxy groups -OCH3 is 4. The van der Waals surface area contributed by atoms with Gasteiger partial charge in [-0.1, -0.05) is 11.8 Å². The molecule has 0 aliphatic rings. The van der Waals surface area contributed by atoms with Gasteiger partial charge in [0, 0.05) is 0 Å². The minimum Gasteiger partial charge on any atom is -0.468 e. The molecule has 0 unspecified atom stereocenters. The number of hydrogen-bond donors (Lipinski definition) is 1. The third-order valence-electron chi connectivity index (χ3n) is 2.03. The molecule has 0 radical (unpaired) electrons. The van der Waals surface area contributed by atoms with E-state index in [1.165, 1.54) is 0 Å². The molecule has 0 atom stereocenters. The molecule has 10 heteroatoms. The van der Waals surface area contributed by atoms with Gasteiger partial charge < -0.3 is 18.9 Å². The molecular weight excluding hydrogens is 324 g/mol. The summed E-state index contributed by atoms with van der Waals surface area (Å²) in [6.45, 7) is 0. The first-order valence-corrected chi connectivity index (χ1v) is 6.58. The average molecular weight is 338 g/mol. The van der Waals surface area contributed by atoms with E-state index in [1.54, 1.807) is 0 Å². The van der Waals surface area contributed by atoms with Crippen LogP contribution in [0.1, 0.15) is 0 Å². The van der Waals surface area contributed by atoms with Crippen LogP contribution >= 0.6 is 24.4 Å². The van der Waals surface area contributed by atoms with E-state index in [0.717, 1.165) is 28.4 Å². The van der Waals surface area contributed by atoms with E-state index in [9.17, 15) is 19.2 Å². The van der Waals surface area contributed by atoms with Gasteiger partial charge in [0.05, 0.1) is 28.4 Å². The molecule has 0 aromatic carbocycles. The third-order valence-corrected chi connectivity index (χ3v) is 3.82. The van der Waals surface area contributed by atoms with Crippen LogP contribution in [0.5, 0.6) is 0 Å². The first-order chi connectivity index (χ1) is 9.83. The van der Waals surface area contributed by atoms with Crippen LogP contribution in [0, 0.1) is 0 Å². The molecule has 0 aromatic rings. The molecule has 0 aromatic heterocycles. The Morgan fingerprint density at radius 2 is 1.24 bits per heavy atom. The number of thioether (sulfide) groups is 1. The molecule has 0 saturated heterocycles. The van der Waals surface area contributed by atoms with Crippen molar-refractivity contribution < 1.29 is 38.1 Å². The van der Waals surface area contributed by atoms with Crippen molar-refractivity contribution >= 4 is 48.3 Å². The maximum absolute atomic E-state index is 11.7. The van der Waals surface area contributed by atoms with Crippen LogP contribution in [0.4, 0.5) is 0 Å². The zero-order valence-electron chi connectivity index (χ0n) is 11.7. The van der Waals surface area contributed by atoms with Crippen molar-refractivity contribution in [3.8, 4) is 0 Å². The molecule has 0 saturated carbocycles. The van der Waals surface area contributed by atoms with Gasteiger partial charge in [-0.15, -0.1) is 12.6 Å². The second-order valence-corrected chi connectivity index (χ2v) is 4.77. The number of ether oxygens (including phenoxy) is 4. The lowest BCUT2D eigenvalue weighted by Crippen LogP contribution is -2.30. The molecule has 118 valence electrons. The number of thiol groups is 1. The summed E-state index contributed by atoms with van der Waals surface area (Å²) in [4.78, 5) is 45.4. The summed E-state index contributed by atoms with van der Waals surface area (Å²) < 4.78 is 17.8.